The number of nitrogens with zero attached hydrogens (tertiary/aromatic N) is 2. The first-order valence-electron chi connectivity index (χ1n) is 6.03. The van der Waals surface area contributed by atoms with E-state index >= 15 is 0 Å². The highest BCUT2D eigenvalue weighted by atomic mass is 16.5. The first kappa shape index (κ1) is 15.2. The number of rotatable bonds is 5. The highest BCUT2D eigenvalue weighted by Gasteiger charge is 2.14. The number of ether oxygens (including phenoxy) is 1. The van der Waals surface area contributed by atoms with E-state index in [0.717, 1.165) is 4.68 Å². The zero-order valence-electron chi connectivity index (χ0n) is 11.5. The lowest BCUT2D eigenvalue weighted by Crippen LogP contribution is -2.43. The second kappa shape index (κ2) is 6.33. The molecule has 0 saturated carbocycles. The van der Waals surface area contributed by atoms with Gasteiger partial charge in [0.15, 0.2) is 0 Å². The average molecular weight is 268 g/mol. The molecule has 0 saturated heterocycles. The number of amides is 1. The van der Waals surface area contributed by atoms with Gasteiger partial charge in [0, 0.05) is 18.2 Å². The van der Waals surface area contributed by atoms with Gasteiger partial charge in [-0.05, 0) is 20.8 Å². The molecular formula is C12H20N4O3. The van der Waals surface area contributed by atoms with Crippen molar-refractivity contribution in [2.45, 2.75) is 32.9 Å². The summed E-state index contributed by atoms with van der Waals surface area (Å²) in [6.45, 7) is 6.15. The van der Waals surface area contributed by atoms with Gasteiger partial charge < -0.3 is 15.8 Å². The summed E-state index contributed by atoms with van der Waals surface area (Å²) in [7, 11) is 0. The molecule has 0 bridgehead atoms. The van der Waals surface area contributed by atoms with Crippen LogP contribution in [-0.2, 0) is 11.3 Å². The number of nitrogens with two attached hydrogens (primary N) is 1. The molecule has 0 aliphatic rings. The third-order valence-corrected chi connectivity index (χ3v) is 2.04. The number of carbonyl (C=O) groups excluding carboxylic acids is 1. The van der Waals surface area contributed by atoms with Gasteiger partial charge in [-0.25, -0.2) is 4.68 Å². The van der Waals surface area contributed by atoms with Crippen molar-refractivity contribution in [1.29, 1.82) is 0 Å². The molecule has 1 aromatic heterocycles. The molecule has 1 rings (SSSR count). The quantitative estimate of drug-likeness (QED) is 0.749. The molecule has 1 aromatic rings. The van der Waals surface area contributed by atoms with E-state index in [1.807, 2.05) is 20.8 Å². The minimum absolute atomic E-state index is 0.118. The molecule has 0 spiro atoms. The minimum Gasteiger partial charge on any atom is -0.490 e. The molecule has 19 heavy (non-hydrogen) atoms. The maximum absolute atomic E-state index is 11.7. The predicted molar refractivity (Wildman–Crippen MR) is 70.9 cm³/mol. The van der Waals surface area contributed by atoms with Gasteiger partial charge in [0.05, 0.1) is 6.20 Å². The Labute approximate surface area is 111 Å². The Kier molecular flexibility index (Phi) is 5.05. The molecule has 0 atom stereocenters. The number of hydrogen-bond acceptors (Lipinski definition) is 5. The number of carbonyl (C=O) groups is 1. The van der Waals surface area contributed by atoms with Crippen LogP contribution in [0.5, 0.6) is 5.75 Å². The Balaban J connectivity index is 2.70. The third-order valence-electron chi connectivity index (χ3n) is 2.04. The highest BCUT2D eigenvalue weighted by molar-refractivity contribution is 5.76. The summed E-state index contributed by atoms with van der Waals surface area (Å²) in [5.41, 5.74) is 4.55. The Bertz CT molecular complexity index is 490. The van der Waals surface area contributed by atoms with Crippen molar-refractivity contribution < 1.29 is 9.53 Å². The van der Waals surface area contributed by atoms with E-state index in [0.29, 0.717) is 18.9 Å². The fourth-order valence-electron chi connectivity index (χ4n) is 1.39. The standard InChI is InChI=1S/C12H20N4O3/c1-12(2,3)15-10(17)8-16-11(18)6-9(7-14-16)19-5-4-13/h6-7H,4-5,8,13H2,1-3H3,(H,15,17). The van der Waals surface area contributed by atoms with Crippen LogP contribution < -0.4 is 21.3 Å². The molecule has 7 nitrogen and oxygen atoms in total. The van der Waals surface area contributed by atoms with Gasteiger partial charge in [-0.2, -0.15) is 5.10 Å². The van der Waals surface area contributed by atoms with Crippen molar-refractivity contribution in [2.24, 2.45) is 5.73 Å². The Morgan fingerprint density at radius 3 is 2.74 bits per heavy atom. The Hall–Kier alpha value is -1.89. The molecule has 7 heteroatoms. The van der Waals surface area contributed by atoms with Crippen LogP contribution in [0.25, 0.3) is 0 Å². The van der Waals surface area contributed by atoms with Crippen LogP contribution in [0.15, 0.2) is 17.1 Å². The van der Waals surface area contributed by atoms with Crippen LogP contribution in [0.4, 0.5) is 0 Å². The molecule has 0 aliphatic carbocycles. The summed E-state index contributed by atoms with van der Waals surface area (Å²) >= 11 is 0. The van der Waals surface area contributed by atoms with Crippen molar-refractivity contribution in [3.8, 4) is 5.75 Å². The number of aromatic nitrogens is 2. The van der Waals surface area contributed by atoms with Gasteiger partial charge >= 0.3 is 0 Å². The third kappa shape index (κ3) is 5.52. The van der Waals surface area contributed by atoms with Gasteiger partial charge in [0.2, 0.25) is 5.91 Å². The van der Waals surface area contributed by atoms with E-state index in [4.69, 9.17) is 10.5 Å². The van der Waals surface area contributed by atoms with Crippen LogP contribution in [-0.4, -0.2) is 34.4 Å². The summed E-state index contributed by atoms with van der Waals surface area (Å²) < 4.78 is 6.25. The fraction of sp³-hybridized carbons (Fsp3) is 0.583. The zero-order chi connectivity index (χ0) is 14.5. The monoisotopic (exact) mass is 268 g/mol. The first-order valence-corrected chi connectivity index (χ1v) is 6.03. The largest absolute Gasteiger partial charge is 0.490 e. The second-order valence-electron chi connectivity index (χ2n) is 5.12. The molecule has 1 heterocycles. The molecule has 3 N–H and O–H groups in total. The van der Waals surface area contributed by atoms with Gasteiger partial charge in [-0.3, -0.25) is 9.59 Å². The van der Waals surface area contributed by atoms with E-state index in [1.54, 1.807) is 0 Å². The Morgan fingerprint density at radius 2 is 2.21 bits per heavy atom. The van der Waals surface area contributed by atoms with Crippen LogP contribution >= 0.6 is 0 Å². The lowest BCUT2D eigenvalue weighted by molar-refractivity contribution is -0.123. The van der Waals surface area contributed by atoms with E-state index in [9.17, 15) is 9.59 Å². The maximum atomic E-state index is 11.7. The molecule has 0 aliphatic heterocycles. The van der Waals surface area contributed by atoms with Crippen molar-refractivity contribution in [2.75, 3.05) is 13.2 Å². The fourth-order valence-corrected chi connectivity index (χ4v) is 1.39. The van der Waals surface area contributed by atoms with Crippen LogP contribution in [0.1, 0.15) is 20.8 Å². The summed E-state index contributed by atoms with van der Waals surface area (Å²) in [5.74, 6) is 0.0839. The zero-order valence-corrected chi connectivity index (χ0v) is 11.5. The number of nitrogens with one attached hydrogen (secondary N) is 1. The average Bonchev–Trinajstić information content (AvgIpc) is 2.27. The summed E-state index contributed by atoms with van der Waals surface area (Å²) in [4.78, 5) is 23.4. The SMILES string of the molecule is CC(C)(C)NC(=O)Cn1ncc(OCCN)cc1=O. The van der Waals surface area contributed by atoms with Crippen molar-refractivity contribution in [3.63, 3.8) is 0 Å². The van der Waals surface area contributed by atoms with Crippen molar-refractivity contribution in [1.82, 2.24) is 15.1 Å². The van der Waals surface area contributed by atoms with E-state index < -0.39 is 5.56 Å². The van der Waals surface area contributed by atoms with Crippen molar-refractivity contribution in [3.05, 3.63) is 22.6 Å². The highest BCUT2D eigenvalue weighted by Crippen LogP contribution is 2.03. The van der Waals surface area contributed by atoms with Gasteiger partial charge in [-0.1, -0.05) is 0 Å². The molecule has 106 valence electrons. The van der Waals surface area contributed by atoms with Crippen LogP contribution in [0, 0.1) is 0 Å². The smallest absolute Gasteiger partial charge is 0.270 e. The normalized spacial score (nSPS) is 11.2. The van der Waals surface area contributed by atoms with E-state index in [2.05, 4.69) is 10.4 Å². The molecule has 0 unspecified atom stereocenters. The molecule has 1 amide bonds. The summed E-state index contributed by atoms with van der Waals surface area (Å²) in [6, 6.07) is 1.28. The van der Waals surface area contributed by atoms with Gasteiger partial charge in [0.1, 0.15) is 18.9 Å². The van der Waals surface area contributed by atoms with Gasteiger partial charge in [0.25, 0.3) is 5.56 Å². The van der Waals surface area contributed by atoms with Crippen LogP contribution in [0.3, 0.4) is 0 Å². The molecule has 0 aromatic carbocycles. The predicted octanol–water partition coefficient (Wildman–Crippen LogP) is -0.504. The van der Waals surface area contributed by atoms with E-state index in [1.165, 1.54) is 12.3 Å². The van der Waals surface area contributed by atoms with E-state index in [-0.39, 0.29) is 18.0 Å². The first-order chi connectivity index (χ1) is 8.81. The molecule has 0 fully saturated rings. The lowest BCUT2D eigenvalue weighted by Gasteiger charge is -2.20. The van der Waals surface area contributed by atoms with Gasteiger partial charge in [-0.15, -0.1) is 0 Å². The maximum Gasteiger partial charge on any atom is 0.270 e. The molecular weight excluding hydrogens is 248 g/mol. The minimum atomic E-state index is -0.390. The Morgan fingerprint density at radius 1 is 1.53 bits per heavy atom. The topological polar surface area (TPSA) is 99.2 Å². The molecule has 0 radical (unpaired) electrons. The lowest BCUT2D eigenvalue weighted by atomic mass is 10.1. The second-order valence-corrected chi connectivity index (χ2v) is 5.12. The van der Waals surface area contributed by atoms with Crippen molar-refractivity contribution >= 4 is 5.91 Å². The van der Waals surface area contributed by atoms with Crippen LogP contribution in [0.2, 0.25) is 0 Å². The summed E-state index contributed by atoms with van der Waals surface area (Å²) in [6.07, 6.45) is 1.39. The number of hydrogen-bond donors (Lipinski definition) is 2. The summed E-state index contributed by atoms with van der Waals surface area (Å²) in [5, 5.41) is 6.64.